The van der Waals surface area contributed by atoms with E-state index in [0.717, 1.165) is 10.6 Å². The number of carbonyl (C=O) groups is 1. The van der Waals surface area contributed by atoms with Crippen LogP contribution in [-0.4, -0.2) is 21.9 Å². The standard InChI is InChI=1S/C16H12FN3OS2/c17-11-4-1-2-5-12(11)18-15(21)10-23-16-8-7-13(19-20-16)14-6-3-9-22-14/h1-9H,10H2,(H,18,21). The summed E-state index contributed by atoms with van der Waals surface area (Å²) in [6, 6.07) is 13.7. The summed E-state index contributed by atoms with van der Waals surface area (Å²) in [5.41, 5.74) is 0.984. The number of nitrogens with one attached hydrogen (secondary N) is 1. The van der Waals surface area contributed by atoms with Gasteiger partial charge in [0.2, 0.25) is 5.91 Å². The molecule has 3 aromatic rings. The topological polar surface area (TPSA) is 54.9 Å². The number of para-hydroxylation sites is 1. The van der Waals surface area contributed by atoms with Crippen molar-refractivity contribution in [2.75, 3.05) is 11.1 Å². The summed E-state index contributed by atoms with van der Waals surface area (Å²) in [5.74, 6) is -0.600. The molecule has 0 fully saturated rings. The highest BCUT2D eigenvalue weighted by Gasteiger charge is 2.08. The Labute approximate surface area is 140 Å². The smallest absolute Gasteiger partial charge is 0.234 e. The molecule has 3 rings (SSSR count). The number of benzene rings is 1. The van der Waals surface area contributed by atoms with Crippen LogP contribution < -0.4 is 5.32 Å². The van der Waals surface area contributed by atoms with E-state index < -0.39 is 5.82 Å². The van der Waals surface area contributed by atoms with Gasteiger partial charge in [-0.1, -0.05) is 30.0 Å². The number of thioether (sulfide) groups is 1. The summed E-state index contributed by atoms with van der Waals surface area (Å²) in [5, 5.41) is 13.4. The summed E-state index contributed by atoms with van der Waals surface area (Å²) >= 11 is 2.85. The molecule has 0 atom stereocenters. The SMILES string of the molecule is O=C(CSc1ccc(-c2cccs2)nn1)Nc1ccccc1F. The second-order valence-corrected chi connectivity index (χ2v) is 6.49. The van der Waals surface area contributed by atoms with Gasteiger partial charge in [-0.2, -0.15) is 0 Å². The Bertz CT molecular complexity index is 791. The fourth-order valence-corrected chi connectivity index (χ4v) is 3.15. The third-order valence-corrected chi connectivity index (χ3v) is 4.73. The molecule has 0 aliphatic carbocycles. The first-order valence-electron chi connectivity index (χ1n) is 6.77. The second-order valence-electron chi connectivity index (χ2n) is 4.55. The van der Waals surface area contributed by atoms with Gasteiger partial charge in [-0.3, -0.25) is 4.79 Å². The van der Waals surface area contributed by atoms with Crippen LogP contribution in [0, 0.1) is 5.82 Å². The van der Waals surface area contributed by atoms with E-state index in [2.05, 4.69) is 15.5 Å². The summed E-state index contributed by atoms with van der Waals surface area (Å²) in [6.07, 6.45) is 0. The van der Waals surface area contributed by atoms with Crippen LogP contribution in [0.3, 0.4) is 0 Å². The molecule has 0 aliphatic heterocycles. The number of aromatic nitrogens is 2. The highest BCUT2D eigenvalue weighted by Crippen LogP contribution is 2.23. The Balaban J connectivity index is 1.56. The summed E-state index contributed by atoms with van der Waals surface area (Å²) < 4.78 is 13.4. The van der Waals surface area contributed by atoms with Crippen molar-refractivity contribution in [2.45, 2.75) is 5.03 Å². The van der Waals surface area contributed by atoms with Crippen LogP contribution in [0.2, 0.25) is 0 Å². The van der Waals surface area contributed by atoms with Gasteiger partial charge in [0.05, 0.1) is 16.3 Å². The van der Waals surface area contributed by atoms with Crippen LogP contribution in [0.25, 0.3) is 10.6 Å². The molecule has 7 heteroatoms. The maximum absolute atomic E-state index is 13.4. The number of anilines is 1. The minimum Gasteiger partial charge on any atom is -0.323 e. The number of hydrogen-bond donors (Lipinski definition) is 1. The number of amides is 1. The summed E-state index contributed by atoms with van der Waals surface area (Å²) in [6.45, 7) is 0. The molecule has 2 aromatic heterocycles. The van der Waals surface area contributed by atoms with E-state index in [1.165, 1.54) is 23.9 Å². The number of nitrogens with zero attached hydrogens (tertiary/aromatic N) is 2. The molecule has 0 bridgehead atoms. The van der Waals surface area contributed by atoms with E-state index in [4.69, 9.17) is 0 Å². The van der Waals surface area contributed by atoms with E-state index >= 15 is 0 Å². The zero-order chi connectivity index (χ0) is 16.1. The van der Waals surface area contributed by atoms with Gasteiger partial charge in [0.15, 0.2) is 0 Å². The highest BCUT2D eigenvalue weighted by molar-refractivity contribution is 7.99. The molecule has 1 N–H and O–H groups in total. The van der Waals surface area contributed by atoms with Gasteiger partial charge in [0, 0.05) is 0 Å². The lowest BCUT2D eigenvalue weighted by Crippen LogP contribution is -2.15. The van der Waals surface area contributed by atoms with Gasteiger partial charge in [-0.25, -0.2) is 4.39 Å². The predicted octanol–water partition coefficient (Wildman–Crippen LogP) is 4.08. The van der Waals surface area contributed by atoms with E-state index in [9.17, 15) is 9.18 Å². The second kappa shape index (κ2) is 7.34. The predicted molar refractivity (Wildman–Crippen MR) is 91.1 cm³/mol. The number of thiophene rings is 1. The fourth-order valence-electron chi connectivity index (χ4n) is 1.84. The first-order chi connectivity index (χ1) is 11.2. The number of carbonyl (C=O) groups excluding carboxylic acids is 1. The molecular formula is C16H12FN3OS2. The minimum absolute atomic E-state index is 0.140. The summed E-state index contributed by atoms with van der Waals surface area (Å²) in [4.78, 5) is 12.9. The van der Waals surface area contributed by atoms with Gasteiger partial charge in [0.1, 0.15) is 16.5 Å². The number of rotatable bonds is 5. The molecule has 2 heterocycles. The van der Waals surface area contributed by atoms with E-state index in [0.29, 0.717) is 5.03 Å². The lowest BCUT2D eigenvalue weighted by atomic mass is 10.3. The van der Waals surface area contributed by atoms with Crippen LogP contribution >= 0.6 is 23.1 Å². The third kappa shape index (κ3) is 4.14. The largest absolute Gasteiger partial charge is 0.323 e. The first kappa shape index (κ1) is 15.6. The average Bonchev–Trinajstić information content (AvgIpc) is 3.10. The van der Waals surface area contributed by atoms with Crippen LogP contribution in [0.15, 0.2) is 58.9 Å². The average molecular weight is 345 g/mol. The Kier molecular flexibility index (Phi) is 4.99. The van der Waals surface area contributed by atoms with E-state index in [1.807, 2.05) is 29.6 Å². The molecular weight excluding hydrogens is 333 g/mol. The molecule has 116 valence electrons. The van der Waals surface area contributed by atoms with Crippen LogP contribution in [0.4, 0.5) is 10.1 Å². The molecule has 0 unspecified atom stereocenters. The van der Waals surface area contributed by atoms with Crippen LogP contribution in [0.1, 0.15) is 0 Å². The van der Waals surface area contributed by atoms with Crippen molar-refractivity contribution in [1.82, 2.24) is 10.2 Å². The van der Waals surface area contributed by atoms with Crippen molar-refractivity contribution in [3.8, 4) is 10.6 Å². The maximum Gasteiger partial charge on any atom is 0.234 e. The van der Waals surface area contributed by atoms with E-state index in [-0.39, 0.29) is 17.3 Å². The molecule has 23 heavy (non-hydrogen) atoms. The van der Waals surface area contributed by atoms with Gasteiger partial charge in [0.25, 0.3) is 0 Å². The van der Waals surface area contributed by atoms with Crippen molar-refractivity contribution in [2.24, 2.45) is 0 Å². The lowest BCUT2D eigenvalue weighted by Gasteiger charge is -2.05. The van der Waals surface area contributed by atoms with Crippen LogP contribution in [-0.2, 0) is 4.79 Å². The van der Waals surface area contributed by atoms with Gasteiger partial charge in [-0.15, -0.1) is 21.5 Å². The normalized spacial score (nSPS) is 10.5. The zero-order valence-corrected chi connectivity index (χ0v) is 13.5. The van der Waals surface area contributed by atoms with Crippen LogP contribution in [0.5, 0.6) is 0 Å². The minimum atomic E-state index is -0.453. The molecule has 4 nitrogen and oxygen atoms in total. The van der Waals surface area contributed by atoms with Crippen molar-refractivity contribution >= 4 is 34.7 Å². The molecule has 0 saturated heterocycles. The monoisotopic (exact) mass is 345 g/mol. The number of halogens is 1. The maximum atomic E-state index is 13.4. The molecule has 1 amide bonds. The van der Waals surface area contributed by atoms with Crippen molar-refractivity contribution < 1.29 is 9.18 Å². The quantitative estimate of drug-likeness (QED) is 0.708. The van der Waals surface area contributed by atoms with Crippen molar-refractivity contribution in [1.29, 1.82) is 0 Å². The summed E-state index contributed by atoms with van der Waals surface area (Å²) in [7, 11) is 0. The molecule has 0 radical (unpaired) electrons. The lowest BCUT2D eigenvalue weighted by molar-refractivity contribution is -0.113. The van der Waals surface area contributed by atoms with Gasteiger partial charge < -0.3 is 5.32 Å². The molecule has 1 aromatic carbocycles. The third-order valence-electron chi connectivity index (χ3n) is 2.91. The van der Waals surface area contributed by atoms with Crippen molar-refractivity contribution in [3.63, 3.8) is 0 Å². The Hall–Kier alpha value is -2.25. The molecule has 0 spiro atoms. The fraction of sp³-hybridized carbons (Fsp3) is 0.0625. The van der Waals surface area contributed by atoms with Crippen molar-refractivity contribution in [3.05, 3.63) is 59.7 Å². The van der Waals surface area contributed by atoms with Gasteiger partial charge in [-0.05, 0) is 35.7 Å². The number of hydrogen-bond acceptors (Lipinski definition) is 5. The first-order valence-corrected chi connectivity index (χ1v) is 8.64. The molecule has 0 saturated carbocycles. The molecule has 0 aliphatic rings. The van der Waals surface area contributed by atoms with E-state index in [1.54, 1.807) is 23.5 Å². The zero-order valence-electron chi connectivity index (χ0n) is 11.9. The Morgan fingerprint density at radius 1 is 1.13 bits per heavy atom. The Morgan fingerprint density at radius 2 is 2.00 bits per heavy atom. The van der Waals surface area contributed by atoms with Gasteiger partial charge >= 0.3 is 0 Å². The Morgan fingerprint density at radius 3 is 2.70 bits per heavy atom. The highest BCUT2D eigenvalue weighted by atomic mass is 32.2.